The van der Waals surface area contributed by atoms with Gasteiger partial charge in [-0.15, -0.1) is 0 Å². The van der Waals surface area contributed by atoms with Crippen LogP contribution in [0.4, 0.5) is 0 Å². The van der Waals surface area contributed by atoms with Gasteiger partial charge < -0.3 is 10.4 Å². The number of hydrogen-bond donors (Lipinski definition) is 2. The van der Waals surface area contributed by atoms with Gasteiger partial charge in [0.1, 0.15) is 0 Å². The lowest BCUT2D eigenvalue weighted by Crippen LogP contribution is -2.22. The zero-order valence-electron chi connectivity index (χ0n) is 7.07. The van der Waals surface area contributed by atoms with Crippen LogP contribution in [0.2, 0.25) is 0 Å². The molecule has 0 spiro atoms. The molecule has 12 heavy (non-hydrogen) atoms. The quantitative estimate of drug-likeness (QED) is 0.603. The molecule has 4 heteroatoms. The van der Waals surface area contributed by atoms with E-state index in [-0.39, 0.29) is 12.1 Å². The Balaban J connectivity index is 2.19. The average Bonchev–Trinajstić information content (AvgIpc) is 2.58. The molecule has 2 rings (SSSR count). The van der Waals surface area contributed by atoms with E-state index in [1.807, 2.05) is 24.0 Å². The van der Waals surface area contributed by atoms with Crippen molar-refractivity contribution in [1.82, 2.24) is 15.1 Å². The maximum Gasteiger partial charge on any atom is 0.0914 e. The fourth-order valence-corrected chi connectivity index (χ4v) is 1.54. The highest BCUT2D eigenvalue weighted by Gasteiger charge is 2.26. The highest BCUT2D eigenvalue weighted by atomic mass is 16.3. The molecule has 0 saturated carbocycles. The van der Waals surface area contributed by atoms with Crippen LogP contribution >= 0.6 is 0 Å². The highest BCUT2D eigenvalue weighted by Crippen LogP contribution is 2.14. The SMILES string of the molecule is Cc1cnn(C2CNC[C@H]2O)c1. The van der Waals surface area contributed by atoms with Crippen molar-refractivity contribution in [1.29, 1.82) is 0 Å². The monoisotopic (exact) mass is 167 g/mol. The predicted octanol–water partition coefficient (Wildman–Crippen LogP) is -0.303. The summed E-state index contributed by atoms with van der Waals surface area (Å²) in [6.07, 6.45) is 3.47. The van der Waals surface area contributed by atoms with Crippen LogP contribution in [0, 0.1) is 6.92 Å². The van der Waals surface area contributed by atoms with Gasteiger partial charge in [0.05, 0.1) is 18.3 Å². The summed E-state index contributed by atoms with van der Waals surface area (Å²) in [6, 6.07) is 0.110. The number of rotatable bonds is 1. The van der Waals surface area contributed by atoms with Gasteiger partial charge in [0.15, 0.2) is 0 Å². The van der Waals surface area contributed by atoms with Crippen LogP contribution in [-0.2, 0) is 0 Å². The number of aliphatic hydroxyl groups excluding tert-OH is 1. The molecule has 2 atom stereocenters. The minimum Gasteiger partial charge on any atom is -0.390 e. The van der Waals surface area contributed by atoms with Gasteiger partial charge in [0.2, 0.25) is 0 Å². The largest absolute Gasteiger partial charge is 0.390 e. The number of nitrogens with zero attached hydrogens (tertiary/aromatic N) is 2. The Morgan fingerprint density at radius 3 is 3.00 bits per heavy atom. The molecule has 1 aliphatic heterocycles. The molecule has 1 unspecified atom stereocenters. The van der Waals surface area contributed by atoms with Gasteiger partial charge >= 0.3 is 0 Å². The van der Waals surface area contributed by atoms with E-state index in [2.05, 4.69) is 10.4 Å². The lowest BCUT2D eigenvalue weighted by Gasteiger charge is -2.12. The van der Waals surface area contributed by atoms with E-state index < -0.39 is 0 Å². The summed E-state index contributed by atoms with van der Waals surface area (Å²) in [7, 11) is 0. The minimum atomic E-state index is -0.302. The Kier molecular flexibility index (Phi) is 1.86. The first-order valence-corrected chi connectivity index (χ1v) is 4.17. The molecule has 2 heterocycles. The predicted molar refractivity (Wildman–Crippen MR) is 44.9 cm³/mol. The van der Waals surface area contributed by atoms with Crippen molar-refractivity contribution in [3.63, 3.8) is 0 Å². The molecule has 0 aromatic carbocycles. The van der Waals surface area contributed by atoms with Crippen LogP contribution in [-0.4, -0.2) is 34.1 Å². The molecule has 0 radical (unpaired) electrons. The molecule has 1 saturated heterocycles. The summed E-state index contributed by atoms with van der Waals surface area (Å²) in [4.78, 5) is 0. The third kappa shape index (κ3) is 1.23. The average molecular weight is 167 g/mol. The van der Waals surface area contributed by atoms with Gasteiger partial charge in [0, 0.05) is 19.3 Å². The summed E-state index contributed by atoms with van der Waals surface area (Å²) in [5, 5.41) is 16.8. The summed E-state index contributed by atoms with van der Waals surface area (Å²) >= 11 is 0. The summed E-state index contributed by atoms with van der Waals surface area (Å²) in [6.45, 7) is 3.48. The molecule has 1 aromatic rings. The van der Waals surface area contributed by atoms with Crippen LogP contribution in [0.5, 0.6) is 0 Å². The van der Waals surface area contributed by atoms with E-state index in [0.29, 0.717) is 6.54 Å². The minimum absolute atomic E-state index is 0.110. The Morgan fingerprint density at radius 1 is 1.67 bits per heavy atom. The molecule has 2 N–H and O–H groups in total. The first-order valence-electron chi connectivity index (χ1n) is 4.17. The number of β-amino-alcohol motifs (C(OH)–C–C–N with tert-alkyl or cyclic N) is 1. The summed E-state index contributed by atoms with van der Waals surface area (Å²) in [5.41, 5.74) is 1.13. The van der Waals surface area contributed by atoms with Crippen molar-refractivity contribution in [2.45, 2.75) is 19.1 Å². The van der Waals surface area contributed by atoms with E-state index in [1.165, 1.54) is 0 Å². The van der Waals surface area contributed by atoms with Crippen molar-refractivity contribution in [3.05, 3.63) is 18.0 Å². The normalized spacial score (nSPS) is 29.5. The summed E-state index contributed by atoms with van der Waals surface area (Å²) in [5.74, 6) is 0. The Bertz CT molecular complexity index is 271. The van der Waals surface area contributed by atoms with Crippen LogP contribution in [0.3, 0.4) is 0 Å². The van der Waals surface area contributed by atoms with E-state index in [1.54, 1.807) is 0 Å². The van der Waals surface area contributed by atoms with E-state index in [9.17, 15) is 5.11 Å². The third-order valence-electron chi connectivity index (χ3n) is 2.22. The van der Waals surface area contributed by atoms with Gasteiger partial charge in [-0.05, 0) is 12.5 Å². The van der Waals surface area contributed by atoms with E-state index in [0.717, 1.165) is 12.1 Å². The van der Waals surface area contributed by atoms with Crippen molar-refractivity contribution in [2.75, 3.05) is 13.1 Å². The fourth-order valence-electron chi connectivity index (χ4n) is 1.54. The van der Waals surface area contributed by atoms with Gasteiger partial charge in [-0.25, -0.2) is 0 Å². The Hall–Kier alpha value is -0.870. The second-order valence-corrected chi connectivity index (χ2v) is 3.29. The maximum atomic E-state index is 9.53. The number of aliphatic hydroxyl groups is 1. The van der Waals surface area contributed by atoms with Gasteiger partial charge in [0.25, 0.3) is 0 Å². The molecular formula is C8H13N3O. The maximum absolute atomic E-state index is 9.53. The molecule has 1 aromatic heterocycles. The van der Waals surface area contributed by atoms with Crippen LogP contribution in [0.15, 0.2) is 12.4 Å². The number of hydrogen-bond acceptors (Lipinski definition) is 3. The van der Waals surface area contributed by atoms with Crippen LogP contribution in [0.25, 0.3) is 0 Å². The topological polar surface area (TPSA) is 50.1 Å². The second-order valence-electron chi connectivity index (χ2n) is 3.29. The molecule has 66 valence electrons. The standard InChI is InChI=1S/C8H13N3O/c1-6-2-10-11(5-6)7-3-9-4-8(7)12/h2,5,7-9,12H,3-4H2,1H3/t7?,8-/m1/s1. The van der Waals surface area contributed by atoms with Crippen LogP contribution < -0.4 is 5.32 Å². The van der Waals surface area contributed by atoms with E-state index in [4.69, 9.17) is 0 Å². The smallest absolute Gasteiger partial charge is 0.0914 e. The molecule has 0 aliphatic carbocycles. The zero-order valence-corrected chi connectivity index (χ0v) is 7.07. The van der Waals surface area contributed by atoms with Gasteiger partial charge in [-0.1, -0.05) is 0 Å². The third-order valence-corrected chi connectivity index (χ3v) is 2.22. The molecule has 0 bridgehead atoms. The fraction of sp³-hybridized carbons (Fsp3) is 0.625. The van der Waals surface area contributed by atoms with Crippen molar-refractivity contribution in [3.8, 4) is 0 Å². The van der Waals surface area contributed by atoms with Crippen molar-refractivity contribution < 1.29 is 5.11 Å². The summed E-state index contributed by atoms with van der Waals surface area (Å²) < 4.78 is 1.83. The van der Waals surface area contributed by atoms with Crippen molar-refractivity contribution >= 4 is 0 Å². The lowest BCUT2D eigenvalue weighted by molar-refractivity contribution is 0.145. The lowest BCUT2D eigenvalue weighted by atomic mass is 10.2. The Morgan fingerprint density at radius 2 is 2.50 bits per heavy atom. The van der Waals surface area contributed by atoms with Gasteiger partial charge in [-0.3, -0.25) is 4.68 Å². The van der Waals surface area contributed by atoms with E-state index >= 15 is 0 Å². The van der Waals surface area contributed by atoms with Crippen LogP contribution in [0.1, 0.15) is 11.6 Å². The Labute approximate surface area is 71.2 Å². The van der Waals surface area contributed by atoms with Gasteiger partial charge in [-0.2, -0.15) is 5.10 Å². The first-order chi connectivity index (χ1) is 5.77. The molecule has 0 amide bonds. The number of nitrogens with one attached hydrogen (secondary N) is 1. The second kappa shape index (κ2) is 2.88. The first kappa shape index (κ1) is 7.76. The number of aromatic nitrogens is 2. The molecular weight excluding hydrogens is 154 g/mol. The van der Waals surface area contributed by atoms with Crippen molar-refractivity contribution in [2.24, 2.45) is 0 Å². The highest BCUT2D eigenvalue weighted by molar-refractivity contribution is 5.02. The zero-order chi connectivity index (χ0) is 8.55. The molecule has 4 nitrogen and oxygen atoms in total. The molecule has 1 aliphatic rings. The number of aryl methyl sites for hydroxylation is 1. The molecule has 1 fully saturated rings.